The normalized spacial score (nSPS) is 12.2. The third kappa shape index (κ3) is 3.88. The monoisotopic (exact) mass is 383 g/mol. The fourth-order valence-corrected chi connectivity index (χ4v) is 3.06. The summed E-state index contributed by atoms with van der Waals surface area (Å²) >= 11 is 0. The lowest BCUT2D eigenvalue weighted by atomic mass is 10.1. The van der Waals surface area contributed by atoms with Gasteiger partial charge in [-0.05, 0) is 60.6 Å². The fraction of sp³-hybridized carbons (Fsp3) is 0.476. The van der Waals surface area contributed by atoms with Gasteiger partial charge in [0.2, 0.25) is 0 Å². The number of H-pyrrole nitrogens is 1. The molecule has 0 atom stereocenters. The molecule has 1 amide bonds. The third-order valence-corrected chi connectivity index (χ3v) is 4.36. The number of rotatable bonds is 4. The van der Waals surface area contributed by atoms with Gasteiger partial charge in [-0.3, -0.25) is 9.58 Å². The Balaban J connectivity index is 2.08. The number of carbonyl (C=O) groups is 1. The number of fused-ring (bicyclic) bond motifs is 1. The van der Waals surface area contributed by atoms with Gasteiger partial charge in [-0.15, -0.1) is 0 Å². The zero-order valence-electron chi connectivity index (χ0n) is 17.6. The van der Waals surface area contributed by atoms with Crippen LogP contribution in [-0.2, 0) is 4.74 Å². The number of pyridine rings is 1. The van der Waals surface area contributed by atoms with Crippen molar-refractivity contribution in [2.75, 3.05) is 4.90 Å². The van der Waals surface area contributed by atoms with Crippen LogP contribution in [0.4, 0.5) is 10.5 Å². The van der Waals surface area contributed by atoms with Crippen LogP contribution < -0.4 is 4.90 Å². The van der Waals surface area contributed by atoms with Gasteiger partial charge < -0.3 is 9.72 Å². The Hall–Kier alpha value is -2.83. The molecule has 7 heteroatoms. The first-order valence-corrected chi connectivity index (χ1v) is 9.61. The molecule has 0 aliphatic heterocycles. The van der Waals surface area contributed by atoms with Crippen molar-refractivity contribution in [3.63, 3.8) is 0 Å². The number of carbonyl (C=O) groups excluding carboxylic acids is 1. The van der Waals surface area contributed by atoms with Crippen LogP contribution in [0.15, 0.2) is 30.7 Å². The van der Waals surface area contributed by atoms with Crippen LogP contribution in [0.3, 0.4) is 0 Å². The summed E-state index contributed by atoms with van der Waals surface area (Å²) in [5.74, 6) is 0. The summed E-state index contributed by atoms with van der Waals surface area (Å²) in [4.78, 5) is 22.5. The Bertz CT molecular complexity index is 978. The largest absolute Gasteiger partial charge is 0.446 e. The highest BCUT2D eigenvalue weighted by Gasteiger charge is 2.32. The van der Waals surface area contributed by atoms with E-state index in [1.54, 1.807) is 4.90 Å². The minimum Gasteiger partial charge on any atom is -0.446 e. The number of anilines is 1. The maximum atomic E-state index is 12.8. The summed E-state index contributed by atoms with van der Waals surface area (Å²) in [6.07, 6.45) is 5.02. The maximum absolute atomic E-state index is 12.8. The highest BCUT2D eigenvalue weighted by atomic mass is 16.6. The van der Waals surface area contributed by atoms with Crippen LogP contribution in [0.1, 0.15) is 54.5 Å². The fourth-order valence-electron chi connectivity index (χ4n) is 3.06. The molecule has 0 bridgehead atoms. The van der Waals surface area contributed by atoms with Crippen LogP contribution in [0.2, 0.25) is 0 Å². The quantitative estimate of drug-likeness (QED) is 0.675. The molecule has 0 aliphatic carbocycles. The van der Waals surface area contributed by atoms with Gasteiger partial charge in [0, 0.05) is 29.5 Å². The average molecular weight is 383 g/mol. The van der Waals surface area contributed by atoms with E-state index < -0.39 is 5.54 Å². The Morgan fingerprint density at radius 2 is 1.93 bits per heavy atom. The molecular weight excluding hydrogens is 354 g/mol. The molecule has 150 valence electrons. The van der Waals surface area contributed by atoms with Gasteiger partial charge in [0.1, 0.15) is 5.52 Å². The van der Waals surface area contributed by atoms with Crippen LogP contribution in [0.25, 0.3) is 22.3 Å². The second-order valence-corrected chi connectivity index (χ2v) is 8.51. The van der Waals surface area contributed by atoms with E-state index in [-0.39, 0.29) is 18.2 Å². The molecule has 0 fully saturated rings. The van der Waals surface area contributed by atoms with Gasteiger partial charge in [-0.2, -0.15) is 5.10 Å². The van der Waals surface area contributed by atoms with Gasteiger partial charge in [0.15, 0.2) is 0 Å². The van der Waals surface area contributed by atoms with E-state index in [1.165, 1.54) is 0 Å². The Labute approximate surface area is 165 Å². The van der Waals surface area contributed by atoms with Gasteiger partial charge in [-0.1, -0.05) is 0 Å². The molecule has 0 saturated heterocycles. The smallest absolute Gasteiger partial charge is 0.415 e. The van der Waals surface area contributed by atoms with Crippen molar-refractivity contribution in [1.29, 1.82) is 0 Å². The molecule has 3 aromatic heterocycles. The summed E-state index contributed by atoms with van der Waals surface area (Å²) < 4.78 is 7.39. The van der Waals surface area contributed by atoms with E-state index in [9.17, 15) is 4.79 Å². The van der Waals surface area contributed by atoms with E-state index in [0.29, 0.717) is 5.69 Å². The van der Waals surface area contributed by atoms with Gasteiger partial charge in [-0.25, -0.2) is 9.78 Å². The maximum Gasteiger partial charge on any atom is 0.415 e. The summed E-state index contributed by atoms with van der Waals surface area (Å²) in [6, 6.07) is 4.21. The van der Waals surface area contributed by atoms with Crippen molar-refractivity contribution in [3.8, 4) is 11.3 Å². The molecule has 0 radical (unpaired) electrons. The van der Waals surface area contributed by atoms with Crippen LogP contribution in [0.5, 0.6) is 0 Å². The van der Waals surface area contributed by atoms with Crippen molar-refractivity contribution in [3.05, 3.63) is 30.7 Å². The minimum absolute atomic E-state index is 0.201. The lowest BCUT2D eigenvalue weighted by Gasteiger charge is -2.34. The van der Waals surface area contributed by atoms with Crippen molar-refractivity contribution in [2.45, 2.75) is 66.2 Å². The van der Waals surface area contributed by atoms with Crippen molar-refractivity contribution >= 4 is 22.8 Å². The first kappa shape index (κ1) is 19.9. The Morgan fingerprint density at radius 3 is 2.50 bits per heavy atom. The first-order chi connectivity index (χ1) is 13.1. The molecule has 1 N–H and O–H groups in total. The second kappa shape index (κ2) is 7.30. The Morgan fingerprint density at radius 1 is 1.21 bits per heavy atom. The van der Waals surface area contributed by atoms with Crippen LogP contribution in [-0.4, -0.2) is 37.5 Å². The summed E-state index contributed by atoms with van der Waals surface area (Å²) in [5, 5.41) is 4.40. The first-order valence-electron chi connectivity index (χ1n) is 9.61. The molecule has 3 rings (SSSR count). The molecule has 28 heavy (non-hydrogen) atoms. The lowest BCUT2D eigenvalue weighted by molar-refractivity contribution is 0.118. The van der Waals surface area contributed by atoms with Crippen LogP contribution >= 0.6 is 0 Å². The number of nitrogens with one attached hydrogen (secondary N) is 1. The Kier molecular flexibility index (Phi) is 5.19. The molecule has 3 heterocycles. The molecule has 0 aromatic carbocycles. The van der Waals surface area contributed by atoms with E-state index >= 15 is 0 Å². The SMILES string of the molecule is CC(C)OC(=O)N(c1c[nH]c2ccc(-c3cnn(C(C)C)c3)nc12)C(C)(C)C. The van der Waals surface area contributed by atoms with E-state index in [0.717, 1.165) is 22.3 Å². The summed E-state index contributed by atoms with van der Waals surface area (Å²) in [7, 11) is 0. The number of aromatic nitrogens is 4. The predicted octanol–water partition coefficient (Wildman–Crippen LogP) is 5.16. The van der Waals surface area contributed by atoms with Crippen LogP contribution in [0, 0.1) is 0 Å². The molecule has 0 saturated carbocycles. The topological polar surface area (TPSA) is 76.0 Å². The van der Waals surface area contributed by atoms with E-state index in [4.69, 9.17) is 9.72 Å². The van der Waals surface area contributed by atoms with E-state index in [1.807, 2.05) is 70.0 Å². The summed E-state index contributed by atoms with van der Waals surface area (Å²) in [6.45, 7) is 13.8. The third-order valence-electron chi connectivity index (χ3n) is 4.36. The van der Waals surface area contributed by atoms with Crippen molar-refractivity contribution in [2.24, 2.45) is 0 Å². The molecular formula is C21H29N5O2. The zero-order chi connectivity index (χ0) is 20.6. The predicted molar refractivity (Wildman–Crippen MR) is 112 cm³/mol. The lowest BCUT2D eigenvalue weighted by Crippen LogP contribution is -2.46. The number of hydrogen-bond acceptors (Lipinski definition) is 4. The van der Waals surface area contributed by atoms with Gasteiger partial charge in [0.25, 0.3) is 0 Å². The average Bonchev–Trinajstić information content (AvgIpc) is 3.20. The molecule has 0 unspecified atom stereocenters. The highest BCUT2D eigenvalue weighted by Crippen LogP contribution is 2.33. The number of aromatic amines is 1. The standard InChI is InChI=1S/C21H29N5O2/c1-13(2)25-12-15(10-23-25)16-8-9-17-19(24-16)18(11-22-17)26(21(5,6)7)20(27)28-14(3)4/h8-14,22H,1-7H3. The number of nitrogens with zero attached hydrogens (tertiary/aromatic N) is 4. The molecule has 0 aliphatic rings. The summed E-state index contributed by atoms with van der Waals surface area (Å²) in [5.41, 5.74) is 3.57. The number of ether oxygens (including phenoxy) is 1. The number of amides is 1. The zero-order valence-corrected chi connectivity index (χ0v) is 17.6. The van der Waals surface area contributed by atoms with Gasteiger partial charge >= 0.3 is 6.09 Å². The van der Waals surface area contributed by atoms with E-state index in [2.05, 4.69) is 23.9 Å². The van der Waals surface area contributed by atoms with Gasteiger partial charge in [0.05, 0.1) is 29.2 Å². The highest BCUT2D eigenvalue weighted by molar-refractivity contribution is 6.00. The second-order valence-electron chi connectivity index (χ2n) is 8.51. The van der Waals surface area contributed by atoms with Crippen molar-refractivity contribution < 1.29 is 9.53 Å². The van der Waals surface area contributed by atoms with Crippen molar-refractivity contribution in [1.82, 2.24) is 19.7 Å². The number of hydrogen-bond donors (Lipinski definition) is 1. The minimum atomic E-state index is -0.471. The molecule has 7 nitrogen and oxygen atoms in total. The molecule has 0 spiro atoms. The molecule has 3 aromatic rings.